The standard InChI is InChI=1S/C21H20O11/c1-7-13(24)16(27)18(29)21(30-7)31-9-4-2-8(3-5-9)19-17(28)15(26)12-10(22)6-11(23)14(25)20(12)32-19/h2-7,13,16,18,21-25,27-29H,1H3/t7-,13-,16+,18+,21-/m0/s1. The van der Waals surface area contributed by atoms with Crippen LogP contribution in [-0.4, -0.2) is 66.5 Å². The molecule has 0 bridgehead atoms. The van der Waals surface area contributed by atoms with Gasteiger partial charge in [0.2, 0.25) is 23.2 Å². The summed E-state index contributed by atoms with van der Waals surface area (Å²) in [5.41, 5.74) is -1.35. The summed E-state index contributed by atoms with van der Waals surface area (Å²) in [5.74, 6) is -3.16. The number of phenolic OH excluding ortho intramolecular Hbond substituents is 3. The van der Waals surface area contributed by atoms with E-state index in [1.165, 1.54) is 31.2 Å². The lowest BCUT2D eigenvalue weighted by Crippen LogP contribution is -2.58. The maximum Gasteiger partial charge on any atom is 0.238 e. The molecule has 11 nitrogen and oxygen atoms in total. The van der Waals surface area contributed by atoms with Gasteiger partial charge in [-0.15, -0.1) is 0 Å². The molecule has 0 saturated carbocycles. The Balaban J connectivity index is 1.67. The summed E-state index contributed by atoms with van der Waals surface area (Å²) in [5, 5.41) is 69.0. The van der Waals surface area contributed by atoms with E-state index in [2.05, 4.69) is 0 Å². The molecule has 0 radical (unpaired) electrons. The zero-order valence-electron chi connectivity index (χ0n) is 16.5. The van der Waals surface area contributed by atoms with Crippen molar-refractivity contribution in [2.75, 3.05) is 0 Å². The first-order valence-electron chi connectivity index (χ1n) is 9.50. The highest BCUT2D eigenvalue weighted by Gasteiger charge is 2.43. The lowest BCUT2D eigenvalue weighted by molar-refractivity contribution is -0.268. The van der Waals surface area contributed by atoms with Crippen molar-refractivity contribution in [2.45, 2.75) is 37.6 Å². The van der Waals surface area contributed by atoms with Gasteiger partial charge in [0.25, 0.3) is 0 Å². The minimum atomic E-state index is -1.51. The van der Waals surface area contributed by atoms with E-state index in [0.29, 0.717) is 0 Å². The lowest BCUT2D eigenvalue weighted by Gasteiger charge is -2.38. The molecule has 2 aromatic carbocycles. The van der Waals surface area contributed by atoms with Crippen molar-refractivity contribution in [2.24, 2.45) is 0 Å². The lowest BCUT2D eigenvalue weighted by atomic mass is 10.00. The van der Waals surface area contributed by atoms with Crippen LogP contribution >= 0.6 is 0 Å². The molecule has 2 heterocycles. The molecule has 1 aromatic heterocycles. The van der Waals surface area contributed by atoms with Crippen LogP contribution in [0.3, 0.4) is 0 Å². The summed E-state index contributed by atoms with van der Waals surface area (Å²) in [7, 11) is 0. The molecule has 4 rings (SSSR count). The number of hydrogen-bond acceptors (Lipinski definition) is 11. The predicted molar refractivity (Wildman–Crippen MR) is 108 cm³/mol. The van der Waals surface area contributed by atoms with E-state index in [-0.39, 0.29) is 17.1 Å². The largest absolute Gasteiger partial charge is 0.507 e. The number of aromatic hydroxyl groups is 4. The average molecular weight is 448 g/mol. The van der Waals surface area contributed by atoms with Gasteiger partial charge in [0.15, 0.2) is 17.1 Å². The molecule has 1 aliphatic heterocycles. The predicted octanol–water partition coefficient (Wildman–Crippen LogP) is 0.489. The number of aliphatic hydroxyl groups is 3. The molecule has 7 N–H and O–H groups in total. The fourth-order valence-corrected chi connectivity index (χ4v) is 3.44. The highest BCUT2D eigenvalue weighted by atomic mass is 16.7. The molecule has 5 atom stereocenters. The van der Waals surface area contributed by atoms with E-state index < -0.39 is 70.1 Å². The highest BCUT2D eigenvalue weighted by molar-refractivity contribution is 5.92. The second kappa shape index (κ2) is 7.88. The Morgan fingerprint density at radius 3 is 2.19 bits per heavy atom. The quantitative estimate of drug-likeness (QED) is 0.218. The SMILES string of the molecule is C[C@@H]1O[C@@H](Oc2ccc(-c3oc4c(O)c(O)cc(O)c4c(=O)c3O)cc2)[C@H](O)[C@H](O)[C@H]1O. The van der Waals surface area contributed by atoms with Gasteiger partial charge in [-0.25, -0.2) is 0 Å². The third-order valence-electron chi connectivity index (χ3n) is 5.25. The molecule has 0 spiro atoms. The number of benzene rings is 2. The molecule has 1 fully saturated rings. The van der Waals surface area contributed by atoms with Crippen LogP contribution in [0.25, 0.3) is 22.3 Å². The van der Waals surface area contributed by atoms with E-state index in [1.807, 2.05) is 0 Å². The summed E-state index contributed by atoms with van der Waals surface area (Å²) in [6.45, 7) is 1.51. The molecule has 1 saturated heterocycles. The van der Waals surface area contributed by atoms with Crippen molar-refractivity contribution >= 4 is 11.0 Å². The number of aliphatic hydroxyl groups excluding tert-OH is 3. The average Bonchev–Trinajstić information content (AvgIpc) is 2.76. The molecule has 11 heteroatoms. The molecule has 0 unspecified atom stereocenters. The summed E-state index contributed by atoms with van der Waals surface area (Å²) in [6, 6.07) is 6.33. The summed E-state index contributed by atoms with van der Waals surface area (Å²) in [4.78, 5) is 12.5. The molecule has 3 aromatic rings. The van der Waals surface area contributed by atoms with E-state index in [9.17, 15) is 40.5 Å². The zero-order chi connectivity index (χ0) is 23.3. The summed E-state index contributed by atoms with van der Waals surface area (Å²) in [6.07, 6.45) is -6.30. The Hall–Kier alpha value is -3.51. The minimum Gasteiger partial charge on any atom is -0.507 e. The number of ether oxygens (including phenoxy) is 2. The number of fused-ring (bicyclic) bond motifs is 1. The minimum absolute atomic E-state index is 0.185. The van der Waals surface area contributed by atoms with Gasteiger partial charge in [-0.2, -0.15) is 0 Å². The van der Waals surface area contributed by atoms with Crippen molar-refractivity contribution in [1.82, 2.24) is 0 Å². The van der Waals surface area contributed by atoms with Crippen LogP contribution in [-0.2, 0) is 4.74 Å². The maximum atomic E-state index is 12.5. The Labute approximate surface area is 179 Å². The molecule has 1 aliphatic rings. The molecular formula is C21H20O11. The summed E-state index contributed by atoms with van der Waals surface area (Å²) < 4.78 is 16.3. The first kappa shape index (κ1) is 21.7. The third kappa shape index (κ3) is 3.46. The van der Waals surface area contributed by atoms with Gasteiger partial charge in [0, 0.05) is 11.6 Å². The van der Waals surface area contributed by atoms with Crippen LogP contribution in [0.15, 0.2) is 39.5 Å². The first-order chi connectivity index (χ1) is 15.1. The molecule has 0 aliphatic carbocycles. The Morgan fingerprint density at radius 1 is 0.875 bits per heavy atom. The van der Waals surface area contributed by atoms with E-state index in [1.54, 1.807) is 0 Å². The van der Waals surface area contributed by atoms with E-state index in [4.69, 9.17) is 13.9 Å². The van der Waals surface area contributed by atoms with Crippen LogP contribution in [0.2, 0.25) is 0 Å². The second-order valence-electron chi connectivity index (χ2n) is 7.40. The van der Waals surface area contributed by atoms with Gasteiger partial charge in [0.05, 0.1) is 6.10 Å². The van der Waals surface area contributed by atoms with Crippen LogP contribution in [0.1, 0.15) is 6.92 Å². The second-order valence-corrected chi connectivity index (χ2v) is 7.40. The fourth-order valence-electron chi connectivity index (χ4n) is 3.44. The van der Waals surface area contributed by atoms with Crippen molar-refractivity contribution < 1.29 is 49.6 Å². The Kier molecular flexibility index (Phi) is 5.34. The number of hydrogen-bond donors (Lipinski definition) is 7. The highest BCUT2D eigenvalue weighted by Crippen LogP contribution is 2.41. The molecule has 170 valence electrons. The molecule has 0 amide bonds. The van der Waals surface area contributed by atoms with Crippen LogP contribution in [0.5, 0.6) is 28.7 Å². The topological polar surface area (TPSA) is 190 Å². The van der Waals surface area contributed by atoms with Crippen molar-refractivity contribution in [3.8, 4) is 40.1 Å². The molecule has 32 heavy (non-hydrogen) atoms. The number of phenols is 3. The first-order valence-corrected chi connectivity index (χ1v) is 9.50. The normalized spacial score (nSPS) is 25.7. The smallest absolute Gasteiger partial charge is 0.238 e. The van der Waals surface area contributed by atoms with Gasteiger partial charge in [-0.3, -0.25) is 4.79 Å². The molecular weight excluding hydrogens is 428 g/mol. The number of rotatable bonds is 3. The van der Waals surface area contributed by atoms with Gasteiger partial charge >= 0.3 is 0 Å². The van der Waals surface area contributed by atoms with E-state index in [0.717, 1.165) is 6.07 Å². The van der Waals surface area contributed by atoms with Crippen molar-refractivity contribution in [3.05, 3.63) is 40.6 Å². The van der Waals surface area contributed by atoms with Crippen molar-refractivity contribution in [1.29, 1.82) is 0 Å². The third-order valence-corrected chi connectivity index (χ3v) is 5.25. The van der Waals surface area contributed by atoms with Gasteiger partial charge in [-0.1, -0.05) is 0 Å². The van der Waals surface area contributed by atoms with Gasteiger partial charge in [-0.05, 0) is 31.2 Å². The van der Waals surface area contributed by atoms with Gasteiger partial charge in [0.1, 0.15) is 35.2 Å². The Bertz CT molecular complexity index is 1220. The van der Waals surface area contributed by atoms with Gasteiger partial charge < -0.3 is 49.6 Å². The van der Waals surface area contributed by atoms with Crippen LogP contribution in [0.4, 0.5) is 0 Å². The van der Waals surface area contributed by atoms with E-state index >= 15 is 0 Å². The van der Waals surface area contributed by atoms with Crippen LogP contribution < -0.4 is 10.2 Å². The Morgan fingerprint density at radius 2 is 1.53 bits per heavy atom. The maximum absolute atomic E-state index is 12.5. The fraction of sp³-hybridized carbons (Fsp3) is 0.286. The van der Waals surface area contributed by atoms with Crippen LogP contribution in [0, 0.1) is 0 Å². The monoisotopic (exact) mass is 448 g/mol. The van der Waals surface area contributed by atoms with Crippen molar-refractivity contribution in [3.63, 3.8) is 0 Å². The zero-order valence-corrected chi connectivity index (χ0v) is 16.5. The summed E-state index contributed by atoms with van der Waals surface area (Å²) >= 11 is 0.